The third kappa shape index (κ3) is 6.65. The number of rotatable bonds is 9. The fourth-order valence-corrected chi connectivity index (χ4v) is 2.68. The highest BCUT2D eigenvalue weighted by atomic mass is 19.1. The molecule has 0 aliphatic rings. The minimum Gasteiger partial charge on any atom is -0.493 e. The average molecular weight is 416 g/mol. The van der Waals surface area contributed by atoms with Gasteiger partial charge in [-0.25, -0.2) is 9.38 Å². The summed E-state index contributed by atoms with van der Waals surface area (Å²) >= 11 is 0. The maximum absolute atomic E-state index is 13.6. The van der Waals surface area contributed by atoms with E-state index < -0.39 is 5.82 Å². The Kier molecular flexibility index (Phi) is 8.93. The number of guanidine groups is 1. The first-order valence-corrected chi connectivity index (χ1v) is 9.76. The van der Waals surface area contributed by atoms with Crippen LogP contribution >= 0.6 is 0 Å². The number of aliphatic imine (C=N–C) groups is 1. The lowest BCUT2D eigenvalue weighted by Crippen LogP contribution is -2.41. The molecule has 0 atom stereocenters. The number of carbonyl (C=O) groups excluding carboxylic acids is 1. The standard InChI is InChI=1S/C22H29FN4O3/c1-5-24-22(27-14-16-7-9-19(29-3)20(12-16)30-4)26-11-10-25-21(28)17-8-6-15(2)18(23)13-17/h6-9,12-13H,5,10-11,14H2,1-4H3,(H,25,28)(H2,24,26,27). The smallest absolute Gasteiger partial charge is 0.251 e. The van der Waals surface area contributed by atoms with Gasteiger partial charge in [-0.05, 0) is 49.2 Å². The fraction of sp³-hybridized carbons (Fsp3) is 0.364. The molecule has 0 fully saturated rings. The summed E-state index contributed by atoms with van der Waals surface area (Å²) in [5, 5.41) is 9.09. The van der Waals surface area contributed by atoms with Crippen molar-refractivity contribution in [1.82, 2.24) is 16.0 Å². The molecule has 2 aromatic carbocycles. The van der Waals surface area contributed by atoms with Gasteiger partial charge in [0.05, 0.1) is 20.8 Å². The molecule has 2 rings (SSSR count). The number of methoxy groups -OCH3 is 2. The number of nitrogens with zero attached hydrogens (tertiary/aromatic N) is 1. The first-order valence-electron chi connectivity index (χ1n) is 9.76. The Morgan fingerprint density at radius 1 is 1.00 bits per heavy atom. The molecule has 0 aromatic heterocycles. The molecular weight excluding hydrogens is 387 g/mol. The van der Waals surface area contributed by atoms with Crippen LogP contribution in [0, 0.1) is 12.7 Å². The first kappa shape index (κ1) is 23.0. The van der Waals surface area contributed by atoms with E-state index in [9.17, 15) is 9.18 Å². The Balaban J connectivity index is 1.87. The third-order valence-electron chi connectivity index (χ3n) is 4.35. The van der Waals surface area contributed by atoms with Crippen LogP contribution in [0.3, 0.4) is 0 Å². The van der Waals surface area contributed by atoms with E-state index in [1.165, 1.54) is 6.07 Å². The molecule has 0 radical (unpaired) electrons. The van der Waals surface area contributed by atoms with Crippen molar-refractivity contribution in [3.05, 3.63) is 58.9 Å². The molecule has 30 heavy (non-hydrogen) atoms. The van der Waals surface area contributed by atoms with Gasteiger partial charge in [0.2, 0.25) is 0 Å². The lowest BCUT2D eigenvalue weighted by molar-refractivity contribution is 0.0954. The number of ether oxygens (including phenoxy) is 2. The SMILES string of the molecule is CCNC(=NCc1ccc(OC)c(OC)c1)NCCNC(=O)c1ccc(C)c(F)c1. The fourth-order valence-electron chi connectivity index (χ4n) is 2.68. The molecule has 162 valence electrons. The van der Waals surface area contributed by atoms with Crippen molar-refractivity contribution < 1.29 is 18.7 Å². The first-order chi connectivity index (χ1) is 14.5. The minimum atomic E-state index is -0.391. The van der Waals surface area contributed by atoms with Gasteiger partial charge >= 0.3 is 0 Å². The van der Waals surface area contributed by atoms with E-state index in [2.05, 4.69) is 20.9 Å². The van der Waals surface area contributed by atoms with Crippen molar-refractivity contribution in [3.63, 3.8) is 0 Å². The largest absolute Gasteiger partial charge is 0.493 e. The normalized spacial score (nSPS) is 11.0. The van der Waals surface area contributed by atoms with Gasteiger partial charge in [-0.3, -0.25) is 4.79 Å². The summed E-state index contributed by atoms with van der Waals surface area (Å²) in [7, 11) is 3.19. The maximum Gasteiger partial charge on any atom is 0.251 e. The van der Waals surface area contributed by atoms with Crippen molar-refractivity contribution in [1.29, 1.82) is 0 Å². The summed E-state index contributed by atoms with van der Waals surface area (Å²) in [6, 6.07) is 10.1. The Bertz CT molecular complexity index is 887. The summed E-state index contributed by atoms with van der Waals surface area (Å²) in [4.78, 5) is 16.7. The van der Waals surface area contributed by atoms with Crippen LogP contribution in [0.2, 0.25) is 0 Å². The number of hydrogen-bond donors (Lipinski definition) is 3. The number of nitrogens with one attached hydrogen (secondary N) is 3. The molecule has 7 nitrogen and oxygen atoms in total. The van der Waals surface area contributed by atoms with Crippen LogP contribution in [-0.2, 0) is 6.54 Å². The zero-order valence-electron chi connectivity index (χ0n) is 17.8. The van der Waals surface area contributed by atoms with E-state index in [1.807, 2.05) is 25.1 Å². The van der Waals surface area contributed by atoms with E-state index in [4.69, 9.17) is 9.47 Å². The highest BCUT2D eigenvalue weighted by Gasteiger charge is 2.08. The summed E-state index contributed by atoms with van der Waals surface area (Å²) in [5.74, 6) is 1.24. The molecule has 0 aliphatic carbocycles. The Morgan fingerprint density at radius 2 is 1.73 bits per heavy atom. The molecule has 1 amide bonds. The van der Waals surface area contributed by atoms with E-state index in [0.717, 1.165) is 5.56 Å². The van der Waals surface area contributed by atoms with Gasteiger partial charge in [0, 0.05) is 25.2 Å². The van der Waals surface area contributed by atoms with Gasteiger partial charge < -0.3 is 25.4 Å². The molecule has 0 spiro atoms. The predicted molar refractivity (Wildman–Crippen MR) is 116 cm³/mol. The number of halogens is 1. The average Bonchev–Trinajstić information content (AvgIpc) is 2.76. The Morgan fingerprint density at radius 3 is 2.40 bits per heavy atom. The lowest BCUT2D eigenvalue weighted by atomic mass is 10.1. The second kappa shape index (κ2) is 11.6. The summed E-state index contributed by atoms with van der Waals surface area (Å²) in [6.07, 6.45) is 0. The van der Waals surface area contributed by atoms with Crippen molar-refractivity contribution in [3.8, 4) is 11.5 Å². The second-order valence-electron chi connectivity index (χ2n) is 6.53. The van der Waals surface area contributed by atoms with Gasteiger partial charge in [0.25, 0.3) is 5.91 Å². The van der Waals surface area contributed by atoms with Crippen LogP contribution in [-0.4, -0.2) is 45.7 Å². The summed E-state index contributed by atoms with van der Waals surface area (Å²) in [6.45, 7) is 5.62. The van der Waals surface area contributed by atoms with E-state index in [-0.39, 0.29) is 5.91 Å². The number of amides is 1. The van der Waals surface area contributed by atoms with Crippen LogP contribution in [0.4, 0.5) is 4.39 Å². The number of aryl methyl sites for hydroxylation is 1. The molecular formula is C22H29FN4O3. The monoisotopic (exact) mass is 416 g/mol. The van der Waals surface area contributed by atoms with Crippen LogP contribution in [0.25, 0.3) is 0 Å². The molecule has 2 aromatic rings. The zero-order valence-corrected chi connectivity index (χ0v) is 17.8. The number of hydrogen-bond acceptors (Lipinski definition) is 4. The van der Waals surface area contributed by atoms with E-state index in [0.29, 0.717) is 54.8 Å². The molecule has 0 saturated heterocycles. The van der Waals surface area contributed by atoms with Gasteiger partial charge in [-0.15, -0.1) is 0 Å². The number of carbonyl (C=O) groups is 1. The van der Waals surface area contributed by atoms with Gasteiger partial charge in [0.15, 0.2) is 17.5 Å². The molecule has 0 heterocycles. The lowest BCUT2D eigenvalue weighted by Gasteiger charge is -2.13. The molecule has 3 N–H and O–H groups in total. The highest BCUT2D eigenvalue weighted by Crippen LogP contribution is 2.27. The Hall–Kier alpha value is -3.29. The van der Waals surface area contributed by atoms with E-state index in [1.54, 1.807) is 33.3 Å². The molecule has 8 heteroatoms. The molecule has 0 bridgehead atoms. The number of benzene rings is 2. The summed E-state index contributed by atoms with van der Waals surface area (Å²) < 4.78 is 24.2. The van der Waals surface area contributed by atoms with E-state index >= 15 is 0 Å². The minimum absolute atomic E-state index is 0.298. The maximum atomic E-state index is 13.6. The molecule has 0 saturated carbocycles. The zero-order chi connectivity index (χ0) is 21.9. The van der Waals surface area contributed by atoms with Gasteiger partial charge in [-0.2, -0.15) is 0 Å². The van der Waals surface area contributed by atoms with Crippen LogP contribution < -0.4 is 25.4 Å². The van der Waals surface area contributed by atoms with Gasteiger partial charge in [-0.1, -0.05) is 12.1 Å². The second-order valence-corrected chi connectivity index (χ2v) is 6.53. The topological polar surface area (TPSA) is 84.0 Å². The molecule has 0 unspecified atom stereocenters. The van der Waals surface area contributed by atoms with Crippen molar-refractivity contribution in [2.24, 2.45) is 4.99 Å². The summed E-state index contributed by atoms with van der Waals surface area (Å²) in [5.41, 5.74) is 1.78. The molecule has 0 aliphatic heterocycles. The quantitative estimate of drug-likeness (QED) is 0.333. The van der Waals surface area contributed by atoms with Crippen molar-refractivity contribution >= 4 is 11.9 Å². The van der Waals surface area contributed by atoms with Crippen molar-refractivity contribution in [2.75, 3.05) is 33.9 Å². The van der Waals surface area contributed by atoms with Crippen LogP contribution in [0.15, 0.2) is 41.4 Å². The highest BCUT2D eigenvalue weighted by molar-refractivity contribution is 5.94. The predicted octanol–water partition coefficient (Wildman–Crippen LogP) is 2.64. The third-order valence-corrected chi connectivity index (χ3v) is 4.35. The van der Waals surface area contributed by atoms with Crippen molar-refractivity contribution in [2.45, 2.75) is 20.4 Å². The Labute approximate surface area is 176 Å². The van der Waals surface area contributed by atoms with Crippen LogP contribution in [0.1, 0.15) is 28.4 Å². The van der Waals surface area contributed by atoms with Crippen LogP contribution in [0.5, 0.6) is 11.5 Å². The van der Waals surface area contributed by atoms with Gasteiger partial charge in [0.1, 0.15) is 5.82 Å².